The summed E-state index contributed by atoms with van der Waals surface area (Å²) in [6, 6.07) is 20.6. The fourth-order valence-electron chi connectivity index (χ4n) is 5.07. The van der Waals surface area contributed by atoms with E-state index >= 15 is 0 Å². The standard InChI is InChI=1S/C28H24N4O4/c1-36-25-13-23-22(30-27(34)24-14-29-26(32(23)24)17-7-3-2-4-8-17)12-21(25)28(35)31-15-19-10-6-5-9-18(19)11-20(31)16-33/h2-10,12-14,20,33H,11,15-16H2,1H3,(H,30,34). The van der Waals surface area contributed by atoms with Crippen molar-refractivity contribution >= 4 is 22.5 Å². The van der Waals surface area contributed by atoms with E-state index in [1.165, 1.54) is 7.11 Å². The topological polar surface area (TPSA) is 99.9 Å². The number of imidazole rings is 1. The Hall–Kier alpha value is -4.43. The Kier molecular flexibility index (Phi) is 5.30. The highest BCUT2D eigenvalue weighted by atomic mass is 16.5. The molecule has 1 atom stereocenters. The summed E-state index contributed by atoms with van der Waals surface area (Å²) in [5, 5.41) is 10.1. The van der Waals surface area contributed by atoms with Gasteiger partial charge in [-0.1, -0.05) is 54.6 Å². The van der Waals surface area contributed by atoms with E-state index in [4.69, 9.17) is 4.74 Å². The minimum absolute atomic E-state index is 0.150. The maximum atomic E-state index is 13.8. The molecule has 0 fully saturated rings. The number of hydrogen-bond acceptors (Lipinski definition) is 5. The Morgan fingerprint density at radius 2 is 1.83 bits per heavy atom. The largest absolute Gasteiger partial charge is 0.496 e. The molecule has 2 N–H and O–H groups in total. The molecule has 3 aromatic carbocycles. The molecule has 0 saturated carbocycles. The summed E-state index contributed by atoms with van der Waals surface area (Å²) in [5.74, 6) is 0.733. The number of aromatic amines is 1. The number of ether oxygens (including phenoxy) is 1. The van der Waals surface area contributed by atoms with Crippen LogP contribution in [0.1, 0.15) is 21.5 Å². The molecule has 0 bridgehead atoms. The number of carbonyl (C=O) groups excluding carboxylic acids is 1. The summed E-state index contributed by atoms with van der Waals surface area (Å²) in [4.78, 5) is 35.8. The van der Waals surface area contributed by atoms with Crippen molar-refractivity contribution in [3.05, 3.63) is 100.0 Å². The van der Waals surface area contributed by atoms with Gasteiger partial charge in [0.25, 0.3) is 11.5 Å². The van der Waals surface area contributed by atoms with Crippen molar-refractivity contribution in [2.45, 2.75) is 19.0 Å². The van der Waals surface area contributed by atoms with Crippen LogP contribution in [0.2, 0.25) is 0 Å². The lowest BCUT2D eigenvalue weighted by Gasteiger charge is -2.36. The van der Waals surface area contributed by atoms with Gasteiger partial charge in [0, 0.05) is 18.2 Å². The summed E-state index contributed by atoms with van der Waals surface area (Å²) in [6.07, 6.45) is 2.12. The number of nitrogens with one attached hydrogen (secondary N) is 1. The number of fused-ring (bicyclic) bond motifs is 4. The van der Waals surface area contributed by atoms with Crippen LogP contribution in [-0.2, 0) is 13.0 Å². The van der Waals surface area contributed by atoms with Crippen LogP contribution in [0.3, 0.4) is 0 Å². The zero-order chi connectivity index (χ0) is 24.8. The van der Waals surface area contributed by atoms with Crippen molar-refractivity contribution in [2.24, 2.45) is 0 Å². The predicted molar refractivity (Wildman–Crippen MR) is 136 cm³/mol. The second-order valence-corrected chi connectivity index (χ2v) is 8.93. The minimum atomic E-state index is -0.354. The molecule has 1 amide bonds. The lowest BCUT2D eigenvalue weighted by Crippen LogP contribution is -2.46. The number of aliphatic hydroxyl groups excluding tert-OH is 1. The molecule has 1 aliphatic heterocycles. The van der Waals surface area contributed by atoms with Gasteiger partial charge in [0.1, 0.15) is 17.1 Å². The van der Waals surface area contributed by atoms with Crippen molar-refractivity contribution in [1.29, 1.82) is 0 Å². The third-order valence-corrected chi connectivity index (χ3v) is 6.89. The van der Waals surface area contributed by atoms with Gasteiger partial charge in [-0.15, -0.1) is 0 Å². The number of carbonyl (C=O) groups is 1. The molecule has 0 saturated heterocycles. The first-order valence-corrected chi connectivity index (χ1v) is 11.7. The number of amides is 1. The van der Waals surface area contributed by atoms with E-state index < -0.39 is 0 Å². The SMILES string of the molecule is COc1cc2c(cc1C(=O)N1Cc3ccccc3CC1CO)[nH]c(=O)c1cnc(-c3ccccc3)n12. The van der Waals surface area contributed by atoms with E-state index in [0.717, 1.165) is 16.7 Å². The first-order valence-electron chi connectivity index (χ1n) is 11.7. The van der Waals surface area contributed by atoms with Crippen LogP contribution < -0.4 is 10.3 Å². The molecule has 3 heterocycles. The third-order valence-electron chi connectivity index (χ3n) is 6.89. The van der Waals surface area contributed by atoms with Crippen molar-refractivity contribution in [2.75, 3.05) is 13.7 Å². The molecule has 36 heavy (non-hydrogen) atoms. The Bertz CT molecular complexity index is 1670. The molecule has 1 aliphatic rings. The van der Waals surface area contributed by atoms with Gasteiger partial charge in [0.05, 0.1) is 42.6 Å². The van der Waals surface area contributed by atoms with Crippen LogP contribution in [0.15, 0.2) is 77.7 Å². The maximum absolute atomic E-state index is 13.8. The minimum Gasteiger partial charge on any atom is -0.496 e. The number of methoxy groups -OCH3 is 1. The number of benzene rings is 3. The number of aromatic nitrogens is 3. The van der Waals surface area contributed by atoms with Crippen molar-refractivity contribution < 1.29 is 14.6 Å². The fraction of sp³-hybridized carbons (Fsp3) is 0.179. The highest BCUT2D eigenvalue weighted by Crippen LogP contribution is 2.31. The van der Waals surface area contributed by atoms with E-state index in [9.17, 15) is 14.7 Å². The first-order chi connectivity index (χ1) is 17.6. The quantitative estimate of drug-likeness (QED) is 0.411. The Morgan fingerprint density at radius 1 is 1.08 bits per heavy atom. The molecule has 0 aliphatic carbocycles. The molecule has 5 aromatic rings. The molecule has 1 unspecified atom stereocenters. The molecule has 8 nitrogen and oxygen atoms in total. The lowest BCUT2D eigenvalue weighted by molar-refractivity contribution is 0.0541. The molecule has 0 radical (unpaired) electrons. The zero-order valence-corrected chi connectivity index (χ0v) is 19.6. The zero-order valence-electron chi connectivity index (χ0n) is 19.6. The Morgan fingerprint density at radius 3 is 2.58 bits per heavy atom. The smallest absolute Gasteiger partial charge is 0.274 e. The number of aliphatic hydroxyl groups is 1. The van der Waals surface area contributed by atoms with Gasteiger partial charge in [-0.05, 0) is 23.6 Å². The molecular formula is C28H24N4O4. The van der Waals surface area contributed by atoms with Gasteiger partial charge in [-0.2, -0.15) is 0 Å². The number of H-pyrrole nitrogens is 1. The van der Waals surface area contributed by atoms with E-state index in [1.807, 2.05) is 54.6 Å². The third kappa shape index (κ3) is 3.46. The van der Waals surface area contributed by atoms with Gasteiger partial charge in [-0.3, -0.25) is 14.0 Å². The fourth-order valence-corrected chi connectivity index (χ4v) is 5.07. The molecule has 180 valence electrons. The van der Waals surface area contributed by atoms with Gasteiger partial charge in [0.15, 0.2) is 0 Å². The van der Waals surface area contributed by atoms with Crippen LogP contribution in [-0.4, -0.2) is 50.0 Å². The molecule has 2 aromatic heterocycles. The van der Waals surface area contributed by atoms with Gasteiger partial charge >= 0.3 is 0 Å². The first kappa shape index (κ1) is 22.1. The van der Waals surface area contributed by atoms with Gasteiger partial charge in [-0.25, -0.2) is 4.98 Å². The van der Waals surface area contributed by atoms with Gasteiger partial charge < -0.3 is 19.7 Å². The monoisotopic (exact) mass is 480 g/mol. The second-order valence-electron chi connectivity index (χ2n) is 8.93. The molecule has 8 heteroatoms. The Labute approximate surface area is 206 Å². The molecular weight excluding hydrogens is 456 g/mol. The Balaban J connectivity index is 1.51. The lowest BCUT2D eigenvalue weighted by atomic mass is 9.93. The van der Waals surface area contributed by atoms with Crippen LogP contribution >= 0.6 is 0 Å². The van der Waals surface area contributed by atoms with Crippen LogP contribution in [0.5, 0.6) is 5.75 Å². The van der Waals surface area contributed by atoms with Crippen LogP contribution in [0, 0.1) is 0 Å². The summed E-state index contributed by atoms with van der Waals surface area (Å²) in [7, 11) is 1.52. The molecule has 0 spiro atoms. The second kappa shape index (κ2) is 8.66. The number of hydrogen-bond donors (Lipinski definition) is 2. The van der Waals surface area contributed by atoms with Crippen LogP contribution in [0.25, 0.3) is 27.9 Å². The average molecular weight is 481 g/mol. The predicted octanol–water partition coefficient (Wildman–Crippen LogP) is 3.41. The van der Waals surface area contributed by atoms with Crippen molar-refractivity contribution in [1.82, 2.24) is 19.3 Å². The summed E-state index contributed by atoms with van der Waals surface area (Å²) in [6.45, 7) is 0.236. The molecule has 6 rings (SSSR count). The van der Waals surface area contributed by atoms with Crippen molar-refractivity contribution in [3.8, 4) is 17.1 Å². The van der Waals surface area contributed by atoms with E-state index in [1.54, 1.807) is 27.6 Å². The number of nitrogens with zero attached hydrogens (tertiary/aromatic N) is 3. The maximum Gasteiger partial charge on any atom is 0.274 e. The summed E-state index contributed by atoms with van der Waals surface area (Å²) >= 11 is 0. The number of rotatable bonds is 4. The average Bonchev–Trinajstić information content (AvgIpc) is 3.38. The van der Waals surface area contributed by atoms with Crippen LogP contribution in [0.4, 0.5) is 0 Å². The van der Waals surface area contributed by atoms with E-state index in [0.29, 0.717) is 46.7 Å². The highest BCUT2D eigenvalue weighted by molar-refractivity contribution is 6.01. The summed E-state index contributed by atoms with van der Waals surface area (Å²) in [5.41, 5.74) is 4.61. The van der Waals surface area contributed by atoms with E-state index in [2.05, 4.69) is 9.97 Å². The van der Waals surface area contributed by atoms with E-state index in [-0.39, 0.29) is 24.1 Å². The normalized spacial score (nSPS) is 15.3. The van der Waals surface area contributed by atoms with Crippen molar-refractivity contribution in [3.63, 3.8) is 0 Å². The highest BCUT2D eigenvalue weighted by Gasteiger charge is 2.31. The summed E-state index contributed by atoms with van der Waals surface area (Å²) < 4.78 is 7.45. The van der Waals surface area contributed by atoms with Gasteiger partial charge in [0.2, 0.25) is 0 Å².